The highest BCUT2D eigenvalue weighted by Gasteiger charge is 2.09. The maximum atomic E-state index is 10.5. The molecule has 1 N–H and O–H groups in total. The fourth-order valence-electron chi connectivity index (χ4n) is 1.12. The normalized spacial score (nSPS) is 12.3. The Kier molecular flexibility index (Phi) is 7.08. The summed E-state index contributed by atoms with van der Waals surface area (Å²) in [4.78, 5) is 1.96. The predicted octanol–water partition coefficient (Wildman–Crippen LogP) is 0.233. The van der Waals surface area contributed by atoms with Crippen LogP contribution in [0.15, 0.2) is 0 Å². The molecule has 0 aromatic rings. The average Bonchev–Trinajstić information content (AvgIpc) is 2.08. The van der Waals surface area contributed by atoms with Crippen molar-refractivity contribution < 1.29 is 17.7 Å². The smallest absolute Gasteiger partial charge is 0.266 e. The van der Waals surface area contributed by atoms with Crippen LogP contribution in [0.4, 0.5) is 0 Å². The van der Waals surface area contributed by atoms with Crippen LogP contribution in [-0.2, 0) is 14.9 Å². The molecule has 0 saturated heterocycles. The van der Waals surface area contributed by atoms with E-state index in [4.69, 9.17) is 9.29 Å². The van der Waals surface area contributed by atoms with Crippen LogP contribution >= 0.6 is 0 Å². The Hall–Kier alpha value is -0.170. The SMILES string of the molecule is CCCN(CCOC)CCS(=O)(=O)O. The summed E-state index contributed by atoms with van der Waals surface area (Å²) in [5.74, 6) is -0.212. The van der Waals surface area contributed by atoms with Gasteiger partial charge in [-0.05, 0) is 13.0 Å². The Labute approximate surface area is 85.8 Å². The lowest BCUT2D eigenvalue weighted by molar-refractivity contribution is 0.151. The van der Waals surface area contributed by atoms with Gasteiger partial charge < -0.3 is 4.74 Å². The van der Waals surface area contributed by atoms with Gasteiger partial charge in [-0.25, -0.2) is 0 Å². The Balaban J connectivity index is 3.84. The molecule has 0 radical (unpaired) electrons. The van der Waals surface area contributed by atoms with Crippen LogP contribution in [0, 0.1) is 0 Å². The number of methoxy groups -OCH3 is 1. The van der Waals surface area contributed by atoms with E-state index in [0.29, 0.717) is 19.7 Å². The molecule has 0 heterocycles. The lowest BCUT2D eigenvalue weighted by atomic mass is 10.4. The molecule has 14 heavy (non-hydrogen) atoms. The summed E-state index contributed by atoms with van der Waals surface area (Å²) in [5.41, 5.74) is 0. The quantitative estimate of drug-likeness (QED) is 0.599. The molecule has 0 amide bonds. The number of hydrogen-bond acceptors (Lipinski definition) is 4. The molecule has 0 fully saturated rings. The van der Waals surface area contributed by atoms with Gasteiger partial charge in [0.05, 0.1) is 12.4 Å². The Morgan fingerprint density at radius 2 is 1.93 bits per heavy atom. The van der Waals surface area contributed by atoms with Crippen LogP contribution in [0.5, 0.6) is 0 Å². The zero-order chi connectivity index (χ0) is 11.0. The molecule has 0 saturated carbocycles. The zero-order valence-electron chi connectivity index (χ0n) is 8.77. The number of rotatable bonds is 8. The van der Waals surface area contributed by atoms with E-state index in [1.165, 1.54) is 0 Å². The molecule has 0 aliphatic rings. The van der Waals surface area contributed by atoms with Crippen LogP contribution < -0.4 is 0 Å². The molecule has 0 atom stereocenters. The number of ether oxygens (including phenoxy) is 1. The van der Waals surface area contributed by atoms with E-state index in [-0.39, 0.29) is 5.75 Å². The van der Waals surface area contributed by atoms with Crippen molar-refractivity contribution in [3.8, 4) is 0 Å². The van der Waals surface area contributed by atoms with Crippen LogP contribution in [0.2, 0.25) is 0 Å². The van der Waals surface area contributed by atoms with Gasteiger partial charge in [0.1, 0.15) is 0 Å². The highest BCUT2D eigenvalue weighted by Crippen LogP contribution is 1.93. The van der Waals surface area contributed by atoms with Crippen LogP contribution in [0.1, 0.15) is 13.3 Å². The summed E-state index contributed by atoms with van der Waals surface area (Å²) >= 11 is 0. The van der Waals surface area contributed by atoms with Gasteiger partial charge in [-0.3, -0.25) is 9.45 Å². The monoisotopic (exact) mass is 225 g/mol. The topological polar surface area (TPSA) is 66.8 Å². The molecule has 0 aromatic carbocycles. The van der Waals surface area contributed by atoms with E-state index < -0.39 is 10.1 Å². The molecule has 0 aromatic heterocycles. The van der Waals surface area contributed by atoms with Gasteiger partial charge in [0.2, 0.25) is 0 Å². The van der Waals surface area contributed by atoms with Crippen LogP contribution in [0.3, 0.4) is 0 Å². The lowest BCUT2D eigenvalue weighted by Gasteiger charge is -2.20. The predicted molar refractivity (Wildman–Crippen MR) is 55.0 cm³/mol. The third-order valence-corrected chi connectivity index (χ3v) is 2.52. The van der Waals surface area contributed by atoms with E-state index in [9.17, 15) is 8.42 Å². The van der Waals surface area contributed by atoms with E-state index in [2.05, 4.69) is 0 Å². The Morgan fingerprint density at radius 3 is 2.36 bits per heavy atom. The van der Waals surface area contributed by atoms with Gasteiger partial charge >= 0.3 is 0 Å². The maximum absolute atomic E-state index is 10.5. The fourth-order valence-corrected chi connectivity index (χ4v) is 1.61. The second kappa shape index (κ2) is 7.17. The highest BCUT2D eigenvalue weighted by atomic mass is 32.2. The summed E-state index contributed by atoms with van der Waals surface area (Å²) in [7, 11) is -2.24. The van der Waals surface area contributed by atoms with Gasteiger partial charge in [-0.15, -0.1) is 0 Å². The standard InChI is InChI=1S/C8H19NO4S/c1-3-4-9(5-7-13-2)6-8-14(10,11)12/h3-8H2,1-2H3,(H,10,11,12). The number of hydrogen-bond donors (Lipinski definition) is 1. The summed E-state index contributed by atoms with van der Waals surface area (Å²) in [5, 5.41) is 0. The Bertz CT molecular complexity index is 227. The molecule has 0 aliphatic heterocycles. The van der Waals surface area contributed by atoms with E-state index in [1.807, 2.05) is 11.8 Å². The molecular formula is C8H19NO4S. The van der Waals surface area contributed by atoms with Gasteiger partial charge in [0.25, 0.3) is 10.1 Å². The first-order valence-electron chi connectivity index (χ1n) is 4.66. The maximum Gasteiger partial charge on any atom is 0.266 e. The first-order chi connectivity index (χ1) is 6.49. The zero-order valence-corrected chi connectivity index (χ0v) is 9.59. The average molecular weight is 225 g/mol. The largest absolute Gasteiger partial charge is 0.383 e. The van der Waals surface area contributed by atoms with Crippen molar-refractivity contribution >= 4 is 10.1 Å². The van der Waals surface area contributed by atoms with Crippen molar-refractivity contribution in [1.29, 1.82) is 0 Å². The molecule has 6 heteroatoms. The molecule has 0 spiro atoms. The molecule has 0 rings (SSSR count). The van der Waals surface area contributed by atoms with Crippen molar-refractivity contribution in [3.63, 3.8) is 0 Å². The van der Waals surface area contributed by atoms with Gasteiger partial charge in [0, 0.05) is 20.2 Å². The summed E-state index contributed by atoms with van der Waals surface area (Å²) in [6.45, 7) is 4.47. The van der Waals surface area contributed by atoms with Crippen molar-refractivity contribution in [2.45, 2.75) is 13.3 Å². The highest BCUT2D eigenvalue weighted by molar-refractivity contribution is 7.85. The summed E-state index contributed by atoms with van der Waals surface area (Å²) < 4.78 is 34.5. The first-order valence-corrected chi connectivity index (χ1v) is 6.27. The van der Waals surface area contributed by atoms with Crippen LogP contribution in [-0.4, -0.2) is 57.0 Å². The fraction of sp³-hybridized carbons (Fsp3) is 1.00. The van der Waals surface area contributed by atoms with Crippen molar-refractivity contribution in [1.82, 2.24) is 4.90 Å². The summed E-state index contributed by atoms with van der Waals surface area (Å²) in [6, 6.07) is 0. The minimum Gasteiger partial charge on any atom is -0.383 e. The van der Waals surface area contributed by atoms with Crippen LogP contribution in [0.25, 0.3) is 0 Å². The van der Waals surface area contributed by atoms with E-state index in [1.54, 1.807) is 7.11 Å². The number of nitrogens with zero attached hydrogens (tertiary/aromatic N) is 1. The van der Waals surface area contributed by atoms with Gasteiger partial charge in [-0.2, -0.15) is 8.42 Å². The molecule has 86 valence electrons. The van der Waals surface area contributed by atoms with Crippen molar-refractivity contribution in [2.75, 3.05) is 39.1 Å². The van der Waals surface area contributed by atoms with Gasteiger partial charge in [-0.1, -0.05) is 6.92 Å². The van der Waals surface area contributed by atoms with Crippen molar-refractivity contribution in [2.24, 2.45) is 0 Å². The molecular weight excluding hydrogens is 206 g/mol. The summed E-state index contributed by atoms with van der Waals surface area (Å²) in [6.07, 6.45) is 0.954. The third kappa shape index (κ3) is 8.43. The molecule has 0 bridgehead atoms. The minimum atomic E-state index is -3.85. The second-order valence-corrected chi connectivity index (χ2v) is 4.69. The van der Waals surface area contributed by atoms with E-state index in [0.717, 1.165) is 13.0 Å². The molecule has 5 nitrogen and oxygen atoms in total. The first kappa shape index (κ1) is 13.8. The van der Waals surface area contributed by atoms with Gasteiger partial charge in [0.15, 0.2) is 0 Å². The molecule has 0 unspecified atom stereocenters. The Morgan fingerprint density at radius 1 is 1.29 bits per heavy atom. The molecule has 0 aliphatic carbocycles. The van der Waals surface area contributed by atoms with Crippen molar-refractivity contribution in [3.05, 3.63) is 0 Å². The third-order valence-electron chi connectivity index (χ3n) is 1.82. The second-order valence-electron chi connectivity index (χ2n) is 3.12. The van der Waals surface area contributed by atoms with E-state index >= 15 is 0 Å². The minimum absolute atomic E-state index is 0.212. The lowest BCUT2D eigenvalue weighted by Crippen LogP contribution is -2.32.